The molecule has 1 amide bonds. The number of sulfonamides is 1. The van der Waals surface area contributed by atoms with Crippen molar-refractivity contribution in [3.8, 4) is 0 Å². The first-order chi connectivity index (χ1) is 15.7. The Bertz CT molecular complexity index is 1290. The lowest BCUT2D eigenvalue weighted by atomic mass is 10.2. The Morgan fingerprint density at radius 1 is 1.15 bits per heavy atom. The lowest BCUT2D eigenvalue weighted by Gasteiger charge is -2.26. The van der Waals surface area contributed by atoms with E-state index in [0.29, 0.717) is 18.6 Å². The number of nitrogens with zero attached hydrogens (tertiary/aromatic N) is 4. The van der Waals surface area contributed by atoms with Crippen molar-refractivity contribution in [2.24, 2.45) is 0 Å². The van der Waals surface area contributed by atoms with E-state index in [1.54, 1.807) is 18.2 Å². The van der Waals surface area contributed by atoms with Crippen LogP contribution in [-0.4, -0.2) is 53.2 Å². The van der Waals surface area contributed by atoms with Crippen molar-refractivity contribution < 1.29 is 22.0 Å². The van der Waals surface area contributed by atoms with Gasteiger partial charge in [-0.3, -0.25) is 9.36 Å². The minimum Gasteiger partial charge on any atom is -0.334 e. The third kappa shape index (κ3) is 4.60. The summed E-state index contributed by atoms with van der Waals surface area (Å²) in [4.78, 5) is 18.5. The standard InChI is InChI=1S/C22H23ClF2N4O3S/c1-27(14-20-26-18-7-3-4-8-19(18)29(20)22(24)25)21(30)16-13-15(9-10-17(16)23)33(31,32)28-11-5-2-6-12-28/h3-4,7-10,13,22H,2,5-6,11-12,14H2,1H3. The van der Waals surface area contributed by atoms with E-state index in [4.69, 9.17) is 11.6 Å². The molecular formula is C22H23ClF2N4O3S. The lowest BCUT2D eigenvalue weighted by Crippen LogP contribution is -2.35. The quantitative estimate of drug-likeness (QED) is 0.502. The second kappa shape index (κ2) is 9.36. The predicted molar refractivity (Wildman–Crippen MR) is 121 cm³/mol. The van der Waals surface area contributed by atoms with Gasteiger partial charge in [-0.1, -0.05) is 30.2 Å². The zero-order valence-electron chi connectivity index (χ0n) is 17.9. The number of fused-ring (bicyclic) bond motifs is 1. The molecule has 0 bridgehead atoms. The van der Waals surface area contributed by atoms with Gasteiger partial charge >= 0.3 is 6.55 Å². The van der Waals surface area contributed by atoms with E-state index in [9.17, 15) is 22.0 Å². The van der Waals surface area contributed by atoms with Gasteiger partial charge in [0.05, 0.1) is 33.1 Å². The molecular weight excluding hydrogens is 474 g/mol. The topological polar surface area (TPSA) is 75.5 Å². The van der Waals surface area contributed by atoms with E-state index in [1.165, 1.54) is 40.5 Å². The van der Waals surface area contributed by atoms with Crippen molar-refractivity contribution in [2.45, 2.75) is 37.3 Å². The van der Waals surface area contributed by atoms with E-state index in [1.807, 2.05) is 0 Å². The van der Waals surface area contributed by atoms with Crippen molar-refractivity contribution in [1.82, 2.24) is 18.8 Å². The molecule has 0 N–H and O–H groups in total. The van der Waals surface area contributed by atoms with Crippen LogP contribution in [0.25, 0.3) is 11.0 Å². The number of halogens is 3. The van der Waals surface area contributed by atoms with Crippen LogP contribution in [0.1, 0.15) is 42.0 Å². The zero-order chi connectivity index (χ0) is 23.8. The molecule has 11 heteroatoms. The largest absolute Gasteiger partial charge is 0.334 e. The van der Waals surface area contributed by atoms with Crippen molar-refractivity contribution >= 4 is 38.6 Å². The molecule has 0 unspecified atom stereocenters. The molecule has 1 fully saturated rings. The third-order valence-electron chi connectivity index (χ3n) is 5.71. The number of alkyl halides is 2. The molecule has 0 spiro atoms. The maximum atomic E-state index is 13.7. The first-order valence-corrected chi connectivity index (χ1v) is 12.3. The number of rotatable bonds is 6. The molecule has 33 heavy (non-hydrogen) atoms. The summed E-state index contributed by atoms with van der Waals surface area (Å²) < 4.78 is 55.6. The number of carbonyl (C=O) groups excluding carboxylic acids is 1. The molecule has 176 valence electrons. The Hall–Kier alpha value is -2.56. The molecule has 0 saturated carbocycles. The number of hydrogen-bond acceptors (Lipinski definition) is 4. The number of amides is 1. The normalized spacial score (nSPS) is 15.3. The molecule has 2 heterocycles. The van der Waals surface area contributed by atoms with Crippen LogP contribution in [0.4, 0.5) is 8.78 Å². The molecule has 1 aliphatic heterocycles. The van der Waals surface area contributed by atoms with Crippen LogP contribution in [0.5, 0.6) is 0 Å². The van der Waals surface area contributed by atoms with Gasteiger partial charge in [0.25, 0.3) is 5.91 Å². The fourth-order valence-corrected chi connectivity index (χ4v) is 5.74. The highest BCUT2D eigenvalue weighted by molar-refractivity contribution is 7.89. The summed E-state index contributed by atoms with van der Waals surface area (Å²) in [5, 5.41) is 0.0757. The summed E-state index contributed by atoms with van der Waals surface area (Å²) in [6.45, 7) is -2.19. The summed E-state index contributed by atoms with van der Waals surface area (Å²) in [5.41, 5.74) is 0.634. The summed E-state index contributed by atoms with van der Waals surface area (Å²) in [6, 6.07) is 10.5. The highest BCUT2D eigenvalue weighted by atomic mass is 35.5. The smallest absolute Gasteiger partial charge is 0.320 e. The van der Waals surface area contributed by atoms with Crippen molar-refractivity contribution in [2.75, 3.05) is 20.1 Å². The zero-order valence-corrected chi connectivity index (χ0v) is 19.5. The third-order valence-corrected chi connectivity index (χ3v) is 7.93. The number of para-hydroxylation sites is 2. The van der Waals surface area contributed by atoms with E-state index in [0.717, 1.165) is 23.8 Å². The number of aromatic nitrogens is 2. The Kier molecular flexibility index (Phi) is 6.69. The number of imidazole rings is 1. The molecule has 1 aromatic heterocycles. The van der Waals surface area contributed by atoms with Crippen LogP contribution < -0.4 is 0 Å². The van der Waals surface area contributed by atoms with Crippen LogP contribution in [0, 0.1) is 0 Å². The van der Waals surface area contributed by atoms with Crippen molar-refractivity contribution in [3.05, 3.63) is 58.9 Å². The van der Waals surface area contributed by atoms with Gasteiger partial charge in [-0.15, -0.1) is 0 Å². The monoisotopic (exact) mass is 496 g/mol. The van der Waals surface area contributed by atoms with Gasteiger partial charge in [-0.25, -0.2) is 13.4 Å². The minimum absolute atomic E-state index is 0.00950. The predicted octanol–water partition coefficient (Wildman–Crippen LogP) is 4.53. The maximum Gasteiger partial charge on any atom is 0.320 e. The first-order valence-electron chi connectivity index (χ1n) is 10.5. The fraction of sp³-hybridized carbons (Fsp3) is 0.364. The van der Waals surface area contributed by atoms with E-state index in [-0.39, 0.29) is 33.4 Å². The Balaban J connectivity index is 1.63. The Morgan fingerprint density at radius 2 is 1.85 bits per heavy atom. The molecule has 7 nitrogen and oxygen atoms in total. The second-order valence-corrected chi connectivity index (χ2v) is 10.3. The number of carbonyl (C=O) groups is 1. The summed E-state index contributed by atoms with van der Waals surface area (Å²) in [6.07, 6.45) is 2.55. The number of hydrogen-bond donors (Lipinski definition) is 0. The highest BCUT2D eigenvalue weighted by Gasteiger charge is 2.28. The fourth-order valence-electron chi connectivity index (χ4n) is 4.00. The highest BCUT2D eigenvalue weighted by Crippen LogP contribution is 2.27. The number of piperidine rings is 1. The molecule has 0 atom stereocenters. The van der Waals surface area contributed by atoms with Gasteiger partial charge < -0.3 is 4.90 Å². The van der Waals surface area contributed by atoms with Gasteiger partial charge in [0, 0.05) is 20.1 Å². The van der Waals surface area contributed by atoms with E-state index >= 15 is 0 Å². The van der Waals surface area contributed by atoms with Crippen LogP contribution in [0.3, 0.4) is 0 Å². The molecule has 0 aliphatic carbocycles. The maximum absolute atomic E-state index is 13.7. The first kappa shape index (κ1) is 23.6. The van der Waals surface area contributed by atoms with Crippen LogP contribution in [-0.2, 0) is 16.6 Å². The van der Waals surface area contributed by atoms with Gasteiger partial charge in [-0.2, -0.15) is 13.1 Å². The van der Waals surface area contributed by atoms with Crippen LogP contribution in [0.15, 0.2) is 47.4 Å². The van der Waals surface area contributed by atoms with Crippen molar-refractivity contribution in [1.29, 1.82) is 0 Å². The van der Waals surface area contributed by atoms with Crippen molar-refractivity contribution in [3.63, 3.8) is 0 Å². The summed E-state index contributed by atoms with van der Waals surface area (Å²) in [7, 11) is -2.34. The van der Waals surface area contributed by atoms with E-state index < -0.39 is 22.5 Å². The SMILES string of the molecule is CN(Cc1nc2ccccc2n1C(F)F)C(=O)c1cc(S(=O)(=O)N2CCCCC2)ccc1Cl. The number of benzene rings is 2. The second-order valence-electron chi connectivity index (χ2n) is 7.93. The lowest BCUT2D eigenvalue weighted by molar-refractivity contribution is 0.0646. The molecule has 2 aromatic carbocycles. The van der Waals surface area contributed by atoms with Gasteiger partial charge in [0.2, 0.25) is 10.0 Å². The minimum atomic E-state index is -3.77. The van der Waals surface area contributed by atoms with Crippen LogP contribution in [0.2, 0.25) is 5.02 Å². The van der Waals surface area contributed by atoms with Gasteiger partial charge in [0.1, 0.15) is 5.82 Å². The molecule has 1 saturated heterocycles. The average molecular weight is 497 g/mol. The Labute approximate surface area is 195 Å². The molecule has 1 aliphatic rings. The van der Waals surface area contributed by atoms with Gasteiger partial charge in [-0.05, 0) is 43.2 Å². The van der Waals surface area contributed by atoms with E-state index in [2.05, 4.69) is 4.98 Å². The Morgan fingerprint density at radius 3 is 2.55 bits per heavy atom. The molecule has 3 aromatic rings. The molecule has 4 rings (SSSR count). The summed E-state index contributed by atoms with van der Waals surface area (Å²) >= 11 is 6.22. The average Bonchev–Trinajstić information content (AvgIpc) is 3.17. The van der Waals surface area contributed by atoms with Crippen LogP contribution >= 0.6 is 11.6 Å². The van der Waals surface area contributed by atoms with Gasteiger partial charge in [0.15, 0.2) is 0 Å². The molecule has 0 radical (unpaired) electrons. The summed E-state index contributed by atoms with van der Waals surface area (Å²) in [5.74, 6) is -0.584.